The molecule has 3 aromatic carbocycles. The standard InChI is InChI=1S/C25H21ClN6O5S/c1-36-19-8-4-17(5-9-19)24-29-30-25(31(24)18-6-10-20(37-2)11-7-18)38-15-23(33)28-27-14-16-3-12-21(26)22(13-16)32(34)35/h3-14H,15H2,1-2H3,(H,28,33)/b27-14+. The van der Waals surface area contributed by atoms with Crippen molar-refractivity contribution in [1.82, 2.24) is 20.2 Å². The Labute approximate surface area is 226 Å². The van der Waals surface area contributed by atoms with Gasteiger partial charge in [-0.2, -0.15) is 5.10 Å². The van der Waals surface area contributed by atoms with Crippen molar-refractivity contribution < 1.29 is 19.2 Å². The molecule has 0 unspecified atom stereocenters. The summed E-state index contributed by atoms with van der Waals surface area (Å²) in [4.78, 5) is 22.9. The van der Waals surface area contributed by atoms with E-state index < -0.39 is 10.8 Å². The van der Waals surface area contributed by atoms with E-state index in [0.29, 0.717) is 28.0 Å². The lowest BCUT2D eigenvalue weighted by Gasteiger charge is -2.11. The van der Waals surface area contributed by atoms with Gasteiger partial charge in [0, 0.05) is 22.9 Å². The zero-order valence-electron chi connectivity index (χ0n) is 20.2. The molecule has 1 heterocycles. The molecule has 11 nitrogen and oxygen atoms in total. The molecule has 0 radical (unpaired) electrons. The first kappa shape index (κ1) is 26.6. The van der Waals surface area contributed by atoms with Gasteiger partial charge >= 0.3 is 0 Å². The topological polar surface area (TPSA) is 134 Å². The van der Waals surface area contributed by atoms with Crippen LogP contribution in [0.25, 0.3) is 17.1 Å². The van der Waals surface area contributed by atoms with Gasteiger partial charge in [-0.05, 0) is 54.6 Å². The van der Waals surface area contributed by atoms with Gasteiger partial charge in [-0.1, -0.05) is 29.4 Å². The van der Waals surface area contributed by atoms with Crippen molar-refractivity contribution >= 4 is 41.2 Å². The molecule has 13 heteroatoms. The molecule has 38 heavy (non-hydrogen) atoms. The smallest absolute Gasteiger partial charge is 0.288 e. The molecule has 0 bridgehead atoms. The fraction of sp³-hybridized carbons (Fsp3) is 0.120. The zero-order chi connectivity index (χ0) is 27.1. The molecule has 0 saturated heterocycles. The molecule has 1 N–H and O–H groups in total. The first-order valence-corrected chi connectivity index (χ1v) is 12.4. The van der Waals surface area contributed by atoms with E-state index >= 15 is 0 Å². The maximum Gasteiger partial charge on any atom is 0.288 e. The lowest BCUT2D eigenvalue weighted by molar-refractivity contribution is -0.384. The van der Waals surface area contributed by atoms with Crippen LogP contribution in [-0.4, -0.2) is 51.8 Å². The second kappa shape index (κ2) is 12.2. The molecule has 4 rings (SSSR count). The summed E-state index contributed by atoms with van der Waals surface area (Å²) in [5, 5.41) is 24.1. The fourth-order valence-corrected chi connectivity index (χ4v) is 4.28. The second-order valence-electron chi connectivity index (χ2n) is 7.62. The van der Waals surface area contributed by atoms with E-state index in [1.165, 1.54) is 30.1 Å². The van der Waals surface area contributed by atoms with E-state index in [0.717, 1.165) is 11.3 Å². The van der Waals surface area contributed by atoms with E-state index in [1.54, 1.807) is 20.3 Å². The maximum absolute atomic E-state index is 12.5. The van der Waals surface area contributed by atoms with E-state index in [-0.39, 0.29) is 16.5 Å². The van der Waals surface area contributed by atoms with Crippen molar-refractivity contribution in [2.24, 2.45) is 5.10 Å². The molecule has 0 aliphatic heterocycles. The van der Waals surface area contributed by atoms with Crippen LogP contribution in [-0.2, 0) is 4.79 Å². The minimum atomic E-state index is -0.589. The van der Waals surface area contributed by atoms with Gasteiger partial charge in [0.25, 0.3) is 11.6 Å². The summed E-state index contributed by atoms with van der Waals surface area (Å²) in [5.41, 5.74) is 4.17. The van der Waals surface area contributed by atoms with Crippen LogP contribution < -0.4 is 14.9 Å². The maximum atomic E-state index is 12.5. The quantitative estimate of drug-likeness (QED) is 0.129. The molecule has 0 atom stereocenters. The van der Waals surface area contributed by atoms with Gasteiger partial charge in [-0.15, -0.1) is 10.2 Å². The number of hydrazone groups is 1. The molecule has 194 valence electrons. The highest BCUT2D eigenvalue weighted by molar-refractivity contribution is 7.99. The van der Waals surface area contributed by atoms with Gasteiger partial charge in [0.1, 0.15) is 16.5 Å². The number of hydrogen-bond donors (Lipinski definition) is 1. The molecule has 0 aliphatic carbocycles. The number of amides is 1. The third-order valence-electron chi connectivity index (χ3n) is 5.21. The number of nitrogens with zero attached hydrogens (tertiary/aromatic N) is 5. The average molecular weight is 553 g/mol. The van der Waals surface area contributed by atoms with Gasteiger partial charge in [-0.25, -0.2) is 5.43 Å². The number of carbonyl (C=O) groups excluding carboxylic acids is 1. The molecule has 0 fully saturated rings. The summed E-state index contributed by atoms with van der Waals surface area (Å²) >= 11 is 7.00. The summed E-state index contributed by atoms with van der Waals surface area (Å²) in [6.45, 7) is 0. The number of benzene rings is 3. The summed E-state index contributed by atoms with van der Waals surface area (Å²) < 4.78 is 12.4. The van der Waals surface area contributed by atoms with Crippen LogP contribution in [0.3, 0.4) is 0 Å². The van der Waals surface area contributed by atoms with Gasteiger partial charge in [-0.3, -0.25) is 19.5 Å². The minimum Gasteiger partial charge on any atom is -0.497 e. The number of ether oxygens (including phenoxy) is 2. The van der Waals surface area contributed by atoms with Crippen LogP contribution in [0.5, 0.6) is 11.5 Å². The molecule has 0 aliphatic rings. The molecule has 0 saturated carbocycles. The molecule has 0 spiro atoms. The Hall–Kier alpha value is -4.42. The number of nitro benzene ring substituents is 1. The fourth-order valence-electron chi connectivity index (χ4n) is 3.35. The van der Waals surface area contributed by atoms with Crippen molar-refractivity contribution in [3.63, 3.8) is 0 Å². The van der Waals surface area contributed by atoms with Crippen LogP contribution >= 0.6 is 23.4 Å². The van der Waals surface area contributed by atoms with Crippen molar-refractivity contribution in [2.75, 3.05) is 20.0 Å². The van der Waals surface area contributed by atoms with Crippen molar-refractivity contribution in [2.45, 2.75) is 5.16 Å². The number of nitrogens with one attached hydrogen (secondary N) is 1. The normalized spacial score (nSPS) is 10.9. The number of methoxy groups -OCH3 is 2. The number of aromatic nitrogens is 3. The van der Waals surface area contributed by atoms with E-state index in [4.69, 9.17) is 21.1 Å². The molecular formula is C25H21ClN6O5S. The van der Waals surface area contributed by atoms with Gasteiger partial charge < -0.3 is 9.47 Å². The van der Waals surface area contributed by atoms with Crippen LogP contribution in [0.2, 0.25) is 5.02 Å². The Morgan fingerprint density at radius 1 is 1.08 bits per heavy atom. The Morgan fingerprint density at radius 3 is 2.37 bits per heavy atom. The number of hydrogen-bond acceptors (Lipinski definition) is 9. The zero-order valence-corrected chi connectivity index (χ0v) is 21.8. The van der Waals surface area contributed by atoms with Gasteiger partial charge in [0.05, 0.1) is 31.1 Å². The lowest BCUT2D eigenvalue weighted by Crippen LogP contribution is -2.20. The predicted octanol–water partition coefficient (Wildman–Crippen LogP) is 4.76. The lowest BCUT2D eigenvalue weighted by atomic mass is 10.2. The number of thioether (sulfide) groups is 1. The SMILES string of the molecule is COc1ccc(-c2nnc(SCC(=O)N/N=C/c3ccc(Cl)c([N+](=O)[O-])c3)n2-c2ccc(OC)cc2)cc1. The highest BCUT2D eigenvalue weighted by Gasteiger charge is 2.18. The van der Waals surface area contributed by atoms with E-state index in [9.17, 15) is 14.9 Å². The van der Waals surface area contributed by atoms with Crippen LogP contribution in [0, 0.1) is 10.1 Å². The van der Waals surface area contributed by atoms with E-state index in [2.05, 4.69) is 20.7 Å². The summed E-state index contributed by atoms with van der Waals surface area (Å²) in [6.07, 6.45) is 1.30. The highest BCUT2D eigenvalue weighted by Crippen LogP contribution is 2.30. The highest BCUT2D eigenvalue weighted by atomic mass is 35.5. The van der Waals surface area contributed by atoms with Crippen LogP contribution in [0.4, 0.5) is 5.69 Å². The molecule has 1 amide bonds. The van der Waals surface area contributed by atoms with Gasteiger partial charge in [0.2, 0.25) is 0 Å². The number of nitro groups is 1. The summed E-state index contributed by atoms with van der Waals surface area (Å²) in [7, 11) is 3.19. The largest absolute Gasteiger partial charge is 0.497 e. The molecular weight excluding hydrogens is 532 g/mol. The van der Waals surface area contributed by atoms with Crippen molar-refractivity contribution in [3.8, 4) is 28.6 Å². The third kappa shape index (κ3) is 6.28. The second-order valence-corrected chi connectivity index (χ2v) is 8.97. The first-order chi connectivity index (χ1) is 18.4. The van der Waals surface area contributed by atoms with Crippen molar-refractivity contribution in [3.05, 3.63) is 87.4 Å². The summed E-state index contributed by atoms with van der Waals surface area (Å²) in [6, 6.07) is 19.0. The average Bonchev–Trinajstić information content (AvgIpc) is 3.36. The first-order valence-electron chi connectivity index (χ1n) is 11.0. The van der Waals surface area contributed by atoms with Gasteiger partial charge in [0.15, 0.2) is 11.0 Å². The minimum absolute atomic E-state index is 0.00495. The number of halogens is 1. The Bertz CT molecular complexity index is 1470. The molecule has 1 aromatic heterocycles. The van der Waals surface area contributed by atoms with E-state index in [1.807, 2.05) is 53.1 Å². The molecule has 4 aromatic rings. The van der Waals surface area contributed by atoms with Crippen LogP contribution in [0.1, 0.15) is 5.56 Å². The predicted molar refractivity (Wildman–Crippen MR) is 144 cm³/mol. The Kier molecular flexibility index (Phi) is 8.56. The number of rotatable bonds is 10. The number of carbonyl (C=O) groups is 1. The van der Waals surface area contributed by atoms with Crippen molar-refractivity contribution in [1.29, 1.82) is 0 Å². The van der Waals surface area contributed by atoms with Crippen LogP contribution in [0.15, 0.2) is 77.0 Å². The Balaban J connectivity index is 1.51. The monoisotopic (exact) mass is 552 g/mol. The third-order valence-corrected chi connectivity index (χ3v) is 6.46. The Morgan fingerprint density at radius 2 is 1.74 bits per heavy atom. The summed E-state index contributed by atoms with van der Waals surface area (Å²) in [5.74, 6) is 1.59.